The molecule has 2 aromatic carbocycles. The number of carbonyl (C=O) groups is 3. The van der Waals surface area contributed by atoms with Crippen LogP contribution in [0.2, 0.25) is 0 Å². The van der Waals surface area contributed by atoms with Crippen LogP contribution in [0.5, 0.6) is 11.5 Å². The lowest BCUT2D eigenvalue weighted by Crippen LogP contribution is -2.48. The Bertz CT molecular complexity index is 1190. The molecule has 0 aliphatic carbocycles. The summed E-state index contributed by atoms with van der Waals surface area (Å²) in [6.07, 6.45) is 0.752. The van der Waals surface area contributed by atoms with E-state index >= 15 is 0 Å². The average molecular weight is 494 g/mol. The molecule has 36 heavy (non-hydrogen) atoms. The lowest BCUT2D eigenvalue weighted by atomic mass is 9.94. The average Bonchev–Trinajstić information content (AvgIpc) is 3.33. The molecule has 1 atom stereocenters. The highest BCUT2D eigenvalue weighted by Gasteiger charge is 2.36. The van der Waals surface area contributed by atoms with Crippen LogP contribution in [0.4, 0.5) is 10.5 Å². The number of urea groups is 1. The maximum Gasteiger partial charge on any atom is 0.338 e. The number of nitrogens with zero attached hydrogens (tertiary/aromatic N) is 1. The monoisotopic (exact) mass is 493 g/mol. The van der Waals surface area contributed by atoms with Crippen molar-refractivity contribution in [1.29, 1.82) is 0 Å². The van der Waals surface area contributed by atoms with Gasteiger partial charge in [-0.2, -0.15) is 0 Å². The molecule has 2 N–H and O–H groups in total. The minimum atomic E-state index is -0.663. The van der Waals surface area contributed by atoms with Crippen molar-refractivity contribution in [1.82, 2.24) is 10.2 Å². The normalized spacial score (nSPS) is 16.8. The number of rotatable bonds is 8. The van der Waals surface area contributed by atoms with Crippen LogP contribution < -0.4 is 20.1 Å². The second-order valence-electron chi connectivity index (χ2n) is 9.17. The summed E-state index contributed by atoms with van der Waals surface area (Å²) < 4.78 is 16.2. The molecule has 0 unspecified atom stereocenters. The minimum Gasteiger partial charge on any atom is -0.462 e. The van der Waals surface area contributed by atoms with Gasteiger partial charge in [-0.05, 0) is 55.2 Å². The van der Waals surface area contributed by atoms with E-state index in [-0.39, 0.29) is 31.3 Å². The summed E-state index contributed by atoms with van der Waals surface area (Å²) in [6.45, 7) is 8.60. The molecule has 2 aliphatic heterocycles. The Hall–Kier alpha value is -4.01. The summed E-state index contributed by atoms with van der Waals surface area (Å²) in [7, 11) is 0. The summed E-state index contributed by atoms with van der Waals surface area (Å²) in [4.78, 5) is 40.2. The highest BCUT2D eigenvalue weighted by Crippen LogP contribution is 2.34. The van der Waals surface area contributed by atoms with Gasteiger partial charge in [0.15, 0.2) is 11.5 Å². The van der Waals surface area contributed by atoms with Gasteiger partial charge in [0.2, 0.25) is 6.79 Å². The smallest absolute Gasteiger partial charge is 0.338 e. The number of benzene rings is 2. The third-order valence-corrected chi connectivity index (χ3v) is 5.95. The predicted molar refractivity (Wildman–Crippen MR) is 134 cm³/mol. The first-order chi connectivity index (χ1) is 17.3. The molecular weight excluding hydrogens is 462 g/mol. The Morgan fingerprint density at radius 2 is 1.86 bits per heavy atom. The van der Waals surface area contributed by atoms with Crippen molar-refractivity contribution in [3.63, 3.8) is 0 Å². The molecule has 9 heteroatoms. The predicted octanol–water partition coefficient (Wildman–Crippen LogP) is 4.62. The Kier molecular flexibility index (Phi) is 7.47. The van der Waals surface area contributed by atoms with Gasteiger partial charge in [0.05, 0.1) is 18.2 Å². The van der Waals surface area contributed by atoms with Crippen molar-refractivity contribution in [3.8, 4) is 11.5 Å². The van der Waals surface area contributed by atoms with Crippen molar-refractivity contribution in [3.05, 3.63) is 64.9 Å². The van der Waals surface area contributed by atoms with Gasteiger partial charge in [-0.15, -0.1) is 0 Å². The highest BCUT2D eigenvalue weighted by atomic mass is 16.7. The number of ether oxygens (including phenoxy) is 3. The summed E-state index contributed by atoms with van der Waals surface area (Å²) in [5, 5.41) is 5.79. The third-order valence-electron chi connectivity index (χ3n) is 5.95. The zero-order chi connectivity index (χ0) is 25.8. The molecule has 9 nitrogen and oxygen atoms in total. The number of hydrogen-bond acceptors (Lipinski definition) is 6. The van der Waals surface area contributed by atoms with Crippen LogP contribution in [-0.4, -0.2) is 42.8 Å². The van der Waals surface area contributed by atoms with Crippen LogP contribution in [0.1, 0.15) is 56.1 Å². The van der Waals surface area contributed by atoms with Crippen molar-refractivity contribution in [2.75, 3.05) is 25.3 Å². The minimum absolute atomic E-state index is 0.136. The number of hydrogen-bond donors (Lipinski definition) is 2. The van der Waals surface area contributed by atoms with E-state index < -0.39 is 12.0 Å². The topological polar surface area (TPSA) is 106 Å². The lowest BCUT2D eigenvalue weighted by Gasteiger charge is -2.35. The third kappa shape index (κ3) is 5.30. The molecule has 3 amide bonds. The molecule has 0 saturated heterocycles. The maximum atomic E-state index is 13.1. The SMILES string of the molecule is CCCN1C(=O)N[C@@H](c2ccc(NC(=O)c3ccc4c(c3)OCO4)cc2)C(C(=O)OCC(C)C)=C1C. The van der Waals surface area contributed by atoms with E-state index in [1.54, 1.807) is 54.3 Å². The Morgan fingerprint density at radius 1 is 1.14 bits per heavy atom. The standard InChI is InChI=1S/C27H31N3O6/c1-5-12-30-17(4)23(26(32)34-14-16(2)3)24(29-27(30)33)18-6-9-20(10-7-18)28-25(31)19-8-11-21-22(13-19)36-15-35-21/h6-11,13,16,24H,5,12,14-15H2,1-4H3,(H,28,31)(H,29,33)/t24-/m0/s1. The van der Waals surface area contributed by atoms with Crippen LogP contribution in [0.3, 0.4) is 0 Å². The number of fused-ring (bicyclic) bond motifs is 1. The molecule has 0 bridgehead atoms. The van der Waals surface area contributed by atoms with Crippen molar-refractivity contribution in [2.24, 2.45) is 5.92 Å². The van der Waals surface area contributed by atoms with Crippen molar-refractivity contribution < 1.29 is 28.6 Å². The summed E-state index contributed by atoms with van der Waals surface area (Å²) >= 11 is 0. The molecule has 0 aromatic heterocycles. The van der Waals surface area contributed by atoms with Crippen LogP contribution in [0.15, 0.2) is 53.7 Å². The molecule has 0 spiro atoms. The van der Waals surface area contributed by atoms with Crippen molar-refractivity contribution >= 4 is 23.6 Å². The zero-order valence-electron chi connectivity index (χ0n) is 20.9. The second-order valence-corrected chi connectivity index (χ2v) is 9.17. The highest BCUT2D eigenvalue weighted by molar-refractivity contribution is 6.04. The van der Waals surface area contributed by atoms with E-state index in [0.717, 1.165) is 6.42 Å². The molecule has 0 radical (unpaired) electrons. The van der Waals surface area contributed by atoms with Crippen LogP contribution >= 0.6 is 0 Å². The molecule has 190 valence electrons. The fraction of sp³-hybridized carbons (Fsp3) is 0.370. The van der Waals surface area contributed by atoms with Gasteiger partial charge in [-0.25, -0.2) is 9.59 Å². The fourth-order valence-electron chi connectivity index (χ4n) is 4.11. The largest absolute Gasteiger partial charge is 0.462 e. The Balaban J connectivity index is 1.55. The van der Waals surface area contributed by atoms with E-state index in [1.165, 1.54) is 0 Å². The molecular formula is C27H31N3O6. The van der Waals surface area contributed by atoms with Gasteiger partial charge in [0.1, 0.15) is 0 Å². The summed E-state index contributed by atoms with van der Waals surface area (Å²) in [5.74, 6) is 0.575. The van der Waals surface area contributed by atoms with Crippen LogP contribution in [0, 0.1) is 5.92 Å². The van der Waals surface area contributed by atoms with E-state index in [1.807, 2.05) is 20.8 Å². The number of allylic oxidation sites excluding steroid dienone is 1. The van der Waals surface area contributed by atoms with E-state index in [4.69, 9.17) is 14.2 Å². The first-order valence-corrected chi connectivity index (χ1v) is 12.0. The van der Waals surface area contributed by atoms with E-state index in [2.05, 4.69) is 10.6 Å². The molecule has 0 saturated carbocycles. The van der Waals surface area contributed by atoms with E-state index in [0.29, 0.717) is 46.1 Å². The molecule has 4 rings (SSSR count). The number of carbonyl (C=O) groups excluding carboxylic acids is 3. The van der Waals surface area contributed by atoms with Gasteiger partial charge in [0, 0.05) is 23.5 Å². The van der Waals surface area contributed by atoms with Gasteiger partial charge < -0.3 is 24.8 Å². The molecule has 2 heterocycles. The number of amides is 3. The lowest BCUT2D eigenvalue weighted by molar-refractivity contribution is -0.140. The van der Waals surface area contributed by atoms with Crippen LogP contribution in [0.25, 0.3) is 0 Å². The van der Waals surface area contributed by atoms with E-state index in [9.17, 15) is 14.4 Å². The van der Waals surface area contributed by atoms with Crippen LogP contribution in [-0.2, 0) is 9.53 Å². The first kappa shape index (κ1) is 25.1. The Morgan fingerprint density at radius 3 is 2.56 bits per heavy atom. The maximum absolute atomic E-state index is 13.1. The quantitative estimate of drug-likeness (QED) is 0.520. The number of anilines is 1. The number of nitrogens with one attached hydrogen (secondary N) is 2. The van der Waals surface area contributed by atoms with Gasteiger partial charge in [-0.3, -0.25) is 9.69 Å². The molecule has 0 fully saturated rings. The fourth-order valence-corrected chi connectivity index (χ4v) is 4.11. The summed E-state index contributed by atoms with van der Waals surface area (Å²) in [5.41, 5.74) is 2.70. The van der Waals surface area contributed by atoms with Crippen molar-refractivity contribution in [2.45, 2.75) is 40.2 Å². The zero-order valence-corrected chi connectivity index (χ0v) is 20.9. The molecule has 2 aliphatic rings. The second kappa shape index (κ2) is 10.7. The number of esters is 1. The van der Waals surface area contributed by atoms with Gasteiger partial charge in [-0.1, -0.05) is 32.9 Å². The Labute approximate surface area is 210 Å². The first-order valence-electron chi connectivity index (χ1n) is 12.0. The summed E-state index contributed by atoms with van der Waals surface area (Å²) in [6, 6.07) is 11.1. The molecule has 2 aromatic rings. The van der Waals surface area contributed by atoms with Gasteiger partial charge in [0.25, 0.3) is 5.91 Å². The van der Waals surface area contributed by atoms with Gasteiger partial charge >= 0.3 is 12.0 Å².